The molecule has 0 radical (unpaired) electrons. The van der Waals surface area contributed by atoms with E-state index in [1.165, 1.54) is 225 Å². The molecule has 0 fully saturated rings. The number of unbranched alkanes of at least 4 members (excludes halogenated alkanes) is 39. The number of nitrogens with one attached hydrogen (secondary N) is 1. The lowest BCUT2D eigenvalue weighted by molar-refractivity contribution is -0.870. The Labute approximate surface area is 472 Å². The fraction of sp³-hybridized carbons (Fsp3) is 0.836. The molecule has 0 bridgehead atoms. The van der Waals surface area contributed by atoms with Crippen LogP contribution in [0.25, 0.3) is 0 Å². The van der Waals surface area contributed by atoms with Gasteiger partial charge in [0.25, 0.3) is 7.82 Å². The molecule has 0 aliphatic carbocycles. The van der Waals surface area contributed by atoms with E-state index < -0.39 is 20.0 Å². The smallest absolute Gasteiger partial charge is 0.268 e. The first kappa shape index (κ1) is 74.2. The third kappa shape index (κ3) is 59.9. The summed E-state index contributed by atoms with van der Waals surface area (Å²) in [5, 5.41) is 13.9. The summed E-state index contributed by atoms with van der Waals surface area (Å²) >= 11 is 0. The molecule has 1 amide bonds. The molecular weight excluding hydrogens is 960 g/mol. The largest absolute Gasteiger partial charge is 0.756 e. The van der Waals surface area contributed by atoms with Crippen molar-refractivity contribution >= 4 is 13.7 Å². The molecule has 446 valence electrons. The number of aliphatic hydroxyl groups excluding tert-OH is 1. The summed E-state index contributed by atoms with van der Waals surface area (Å²) < 4.78 is 23.3. The second-order valence-corrected chi connectivity index (χ2v) is 24.9. The molecule has 3 unspecified atom stereocenters. The van der Waals surface area contributed by atoms with Crippen molar-refractivity contribution in [3.05, 3.63) is 60.8 Å². The van der Waals surface area contributed by atoms with Crippen LogP contribution < -0.4 is 10.2 Å². The molecule has 76 heavy (non-hydrogen) atoms. The first-order valence-electron chi connectivity index (χ1n) is 32.7. The van der Waals surface area contributed by atoms with Crippen molar-refractivity contribution in [2.45, 2.75) is 321 Å². The highest BCUT2D eigenvalue weighted by atomic mass is 31.2. The summed E-state index contributed by atoms with van der Waals surface area (Å²) in [5.74, 6) is -0.193. The van der Waals surface area contributed by atoms with Gasteiger partial charge in [0, 0.05) is 6.42 Å². The van der Waals surface area contributed by atoms with Crippen LogP contribution in [-0.4, -0.2) is 68.5 Å². The molecule has 0 aromatic carbocycles. The summed E-state index contributed by atoms with van der Waals surface area (Å²) in [6.07, 6.45) is 79.2. The molecule has 0 rings (SSSR count). The molecule has 9 heteroatoms. The van der Waals surface area contributed by atoms with E-state index >= 15 is 0 Å². The number of nitrogens with zero attached hydrogens (tertiary/aromatic N) is 1. The van der Waals surface area contributed by atoms with Crippen LogP contribution in [0, 0.1) is 0 Å². The number of hydrogen-bond acceptors (Lipinski definition) is 6. The van der Waals surface area contributed by atoms with E-state index in [9.17, 15) is 19.4 Å². The van der Waals surface area contributed by atoms with Gasteiger partial charge >= 0.3 is 0 Å². The molecule has 0 aliphatic heterocycles. The highest BCUT2D eigenvalue weighted by Crippen LogP contribution is 2.38. The van der Waals surface area contributed by atoms with Gasteiger partial charge in [-0.15, -0.1) is 0 Å². The van der Waals surface area contributed by atoms with Crippen LogP contribution in [0.15, 0.2) is 60.8 Å². The zero-order valence-electron chi connectivity index (χ0n) is 51.0. The highest BCUT2D eigenvalue weighted by molar-refractivity contribution is 7.45. The Balaban J connectivity index is 3.83. The maximum atomic E-state index is 13.0. The number of phosphoric acid groups is 1. The first-order chi connectivity index (χ1) is 37.0. The molecule has 0 saturated heterocycles. The predicted molar refractivity (Wildman–Crippen MR) is 330 cm³/mol. The fourth-order valence-electron chi connectivity index (χ4n) is 9.68. The summed E-state index contributed by atoms with van der Waals surface area (Å²) in [7, 11) is 1.27. The van der Waals surface area contributed by atoms with Gasteiger partial charge in [0.05, 0.1) is 39.9 Å². The van der Waals surface area contributed by atoms with Crippen LogP contribution in [-0.2, 0) is 18.4 Å². The topological polar surface area (TPSA) is 108 Å². The standard InChI is InChI=1S/C67H127N2O6P/c1-6-8-10-12-14-16-18-20-21-22-23-24-25-26-27-28-29-30-31-32-33-34-35-36-37-38-39-40-41-42-43-44-45-46-47-49-51-53-55-57-59-61-67(71)68-65(64-75-76(72,73)74-63-62-69(3,4)5)66(70)60-58-56-54-52-50-48-19-17-15-13-11-9-7-2/h8,10,14,16,20-21,23-24,58,60,65-66,70H,6-7,9,11-13,15,17-19,22,25-57,59,61-64H2,1-5H3,(H-,68,71,72,73)/b10-8-,16-14-,21-20-,24-23-,60-58+. The number of quaternary nitrogens is 1. The van der Waals surface area contributed by atoms with Gasteiger partial charge in [-0.05, 0) is 57.8 Å². The zero-order chi connectivity index (χ0) is 55.6. The summed E-state index contributed by atoms with van der Waals surface area (Å²) in [4.78, 5) is 25.5. The molecular formula is C67H127N2O6P. The second-order valence-electron chi connectivity index (χ2n) is 23.4. The molecule has 0 heterocycles. The van der Waals surface area contributed by atoms with E-state index in [2.05, 4.69) is 67.8 Å². The molecule has 8 nitrogen and oxygen atoms in total. The normalized spacial score (nSPS) is 14.1. The Morgan fingerprint density at radius 2 is 0.803 bits per heavy atom. The summed E-state index contributed by atoms with van der Waals surface area (Å²) in [6.45, 7) is 4.55. The lowest BCUT2D eigenvalue weighted by Crippen LogP contribution is -2.45. The Hall–Kier alpha value is -1.80. The van der Waals surface area contributed by atoms with Crippen LogP contribution in [0.5, 0.6) is 0 Å². The van der Waals surface area contributed by atoms with Gasteiger partial charge < -0.3 is 28.8 Å². The summed E-state index contributed by atoms with van der Waals surface area (Å²) in [5.41, 5.74) is 0. The number of aliphatic hydroxyl groups is 1. The number of rotatable bonds is 60. The molecule has 0 saturated carbocycles. The third-order valence-corrected chi connectivity index (χ3v) is 15.7. The first-order valence-corrected chi connectivity index (χ1v) is 34.1. The quantitative estimate of drug-likeness (QED) is 0.0272. The number of hydrogen-bond donors (Lipinski definition) is 2. The minimum absolute atomic E-state index is 0.000401. The Kier molecular flexibility index (Phi) is 56.5. The van der Waals surface area contributed by atoms with E-state index in [0.717, 1.165) is 64.2 Å². The minimum Gasteiger partial charge on any atom is -0.756 e. The number of allylic oxidation sites excluding steroid dienone is 9. The zero-order valence-corrected chi connectivity index (χ0v) is 51.9. The van der Waals surface area contributed by atoms with Crippen molar-refractivity contribution in [3.8, 4) is 0 Å². The van der Waals surface area contributed by atoms with Gasteiger partial charge in [0.1, 0.15) is 13.2 Å². The van der Waals surface area contributed by atoms with E-state index in [4.69, 9.17) is 9.05 Å². The van der Waals surface area contributed by atoms with Crippen molar-refractivity contribution in [2.24, 2.45) is 0 Å². The van der Waals surface area contributed by atoms with E-state index in [-0.39, 0.29) is 19.1 Å². The monoisotopic (exact) mass is 1090 g/mol. The van der Waals surface area contributed by atoms with Crippen molar-refractivity contribution in [3.63, 3.8) is 0 Å². The van der Waals surface area contributed by atoms with Crippen molar-refractivity contribution in [1.82, 2.24) is 5.32 Å². The number of amides is 1. The molecule has 0 aliphatic rings. The molecule has 3 atom stereocenters. The average molecular weight is 1090 g/mol. The van der Waals surface area contributed by atoms with E-state index in [1.807, 2.05) is 27.2 Å². The highest BCUT2D eigenvalue weighted by Gasteiger charge is 2.23. The maximum Gasteiger partial charge on any atom is 0.268 e. The number of likely N-dealkylation sites (N-methyl/N-ethyl adjacent to an activating group) is 1. The SMILES string of the molecule is CC/C=C\C/C=C\C/C=C\C/C=C\CCCCCCCCCCCCCCCCCCCCCCCCCCCCCCC(=O)NC(COP(=O)([O-])OCC[N+](C)(C)C)C(O)/C=C/CCCCCCCCCCCCC. The Morgan fingerprint density at radius 1 is 0.474 bits per heavy atom. The van der Waals surface area contributed by atoms with Crippen molar-refractivity contribution < 1.29 is 32.9 Å². The van der Waals surface area contributed by atoms with Crippen LogP contribution in [0.3, 0.4) is 0 Å². The Morgan fingerprint density at radius 3 is 1.17 bits per heavy atom. The summed E-state index contributed by atoms with van der Waals surface area (Å²) in [6, 6.07) is -0.884. The fourth-order valence-corrected chi connectivity index (χ4v) is 10.4. The van der Waals surface area contributed by atoms with Crippen LogP contribution >= 0.6 is 7.82 Å². The van der Waals surface area contributed by atoms with Gasteiger partial charge in [0.2, 0.25) is 5.91 Å². The molecule has 2 N–H and O–H groups in total. The van der Waals surface area contributed by atoms with Gasteiger partial charge in [-0.1, -0.05) is 306 Å². The lowest BCUT2D eigenvalue weighted by atomic mass is 10.0. The second kappa shape index (κ2) is 57.9. The average Bonchev–Trinajstić information content (AvgIpc) is 3.38. The van der Waals surface area contributed by atoms with Gasteiger partial charge in [-0.25, -0.2) is 0 Å². The van der Waals surface area contributed by atoms with Crippen LogP contribution in [0.4, 0.5) is 0 Å². The van der Waals surface area contributed by atoms with Gasteiger partial charge in [0.15, 0.2) is 0 Å². The maximum absolute atomic E-state index is 13.0. The molecule has 0 spiro atoms. The van der Waals surface area contributed by atoms with Crippen molar-refractivity contribution in [1.29, 1.82) is 0 Å². The number of carbonyl (C=O) groups is 1. The van der Waals surface area contributed by atoms with Crippen LogP contribution in [0.2, 0.25) is 0 Å². The lowest BCUT2D eigenvalue weighted by Gasteiger charge is -2.29. The Bertz CT molecular complexity index is 1420. The number of phosphoric ester groups is 1. The molecule has 0 aromatic heterocycles. The van der Waals surface area contributed by atoms with Crippen LogP contribution in [0.1, 0.15) is 309 Å². The van der Waals surface area contributed by atoms with E-state index in [0.29, 0.717) is 17.4 Å². The number of carbonyl (C=O) groups excluding carboxylic acids is 1. The predicted octanol–water partition coefficient (Wildman–Crippen LogP) is 19.8. The van der Waals surface area contributed by atoms with Gasteiger partial charge in [-0.3, -0.25) is 9.36 Å². The van der Waals surface area contributed by atoms with E-state index in [1.54, 1.807) is 6.08 Å². The minimum atomic E-state index is -4.59. The van der Waals surface area contributed by atoms with Gasteiger partial charge in [-0.2, -0.15) is 0 Å². The molecule has 0 aromatic rings. The third-order valence-electron chi connectivity index (χ3n) is 14.7. The van der Waals surface area contributed by atoms with Crippen molar-refractivity contribution in [2.75, 3.05) is 40.9 Å².